The number of likely N-dealkylation sites (tertiary alicyclic amines) is 1. The average Bonchev–Trinajstić information content (AvgIpc) is 2.41. The third-order valence-electron chi connectivity index (χ3n) is 4.04. The van der Waals surface area contributed by atoms with Crippen molar-refractivity contribution in [3.05, 3.63) is 0 Å². The summed E-state index contributed by atoms with van der Waals surface area (Å²) in [6.45, 7) is 9.87. The summed E-state index contributed by atoms with van der Waals surface area (Å²) in [5, 5.41) is 0. The highest BCUT2D eigenvalue weighted by atomic mass is 15.2. The smallest absolute Gasteiger partial charge is 0.00413 e. The monoisotopic (exact) mass is 167 g/mol. The van der Waals surface area contributed by atoms with Gasteiger partial charge in [-0.2, -0.15) is 0 Å². The molecule has 12 heavy (non-hydrogen) atoms. The fourth-order valence-electron chi connectivity index (χ4n) is 3.03. The third kappa shape index (κ3) is 1.19. The van der Waals surface area contributed by atoms with Crippen molar-refractivity contribution < 1.29 is 0 Å². The van der Waals surface area contributed by atoms with Crippen LogP contribution in [-0.2, 0) is 0 Å². The lowest BCUT2D eigenvalue weighted by Crippen LogP contribution is -2.30. The molecule has 1 aliphatic heterocycles. The quantitative estimate of drug-likeness (QED) is 0.580. The van der Waals surface area contributed by atoms with E-state index in [4.69, 9.17) is 0 Å². The van der Waals surface area contributed by atoms with E-state index >= 15 is 0 Å². The molecule has 0 aromatic rings. The van der Waals surface area contributed by atoms with Gasteiger partial charge in [0.05, 0.1) is 0 Å². The first-order valence-corrected chi connectivity index (χ1v) is 5.36. The summed E-state index contributed by atoms with van der Waals surface area (Å²) < 4.78 is 0. The molecule has 1 nitrogen and oxygen atoms in total. The number of fused-ring (bicyclic) bond motifs is 1. The molecular weight excluding hydrogens is 146 g/mol. The van der Waals surface area contributed by atoms with E-state index in [2.05, 4.69) is 25.7 Å². The second-order valence-electron chi connectivity index (χ2n) is 5.27. The second kappa shape index (κ2) is 2.73. The second-order valence-corrected chi connectivity index (χ2v) is 5.27. The molecule has 0 bridgehead atoms. The maximum atomic E-state index is 2.66. The minimum absolute atomic E-state index is 0.685. The summed E-state index contributed by atoms with van der Waals surface area (Å²) in [5.74, 6) is 1.01. The lowest BCUT2D eigenvalue weighted by molar-refractivity contribution is 0.229. The van der Waals surface area contributed by atoms with Gasteiger partial charge in [-0.25, -0.2) is 0 Å². The predicted molar refractivity (Wildman–Crippen MR) is 52.2 cm³/mol. The van der Waals surface area contributed by atoms with E-state index < -0.39 is 0 Å². The van der Waals surface area contributed by atoms with Crippen LogP contribution in [0.25, 0.3) is 0 Å². The highest BCUT2D eigenvalue weighted by Crippen LogP contribution is 2.48. The summed E-state index contributed by atoms with van der Waals surface area (Å²) in [5.41, 5.74) is 0.685. The number of hydrogen-bond acceptors (Lipinski definition) is 1. The summed E-state index contributed by atoms with van der Waals surface area (Å²) in [4.78, 5) is 2.66. The van der Waals surface area contributed by atoms with Crippen LogP contribution in [0.1, 0.15) is 40.0 Å². The van der Waals surface area contributed by atoms with Gasteiger partial charge in [-0.3, -0.25) is 0 Å². The lowest BCUT2D eigenvalue weighted by atomic mass is 9.83. The van der Waals surface area contributed by atoms with Gasteiger partial charge in [-0.15, -0.1) is 0 Å². The number of nitrogens with zero attached hydrogens (tertiary/aromatic N) is 1. The van der Waals surface area contributed by atoms with Crippen molar-refractivity contribution in [1.82, 2.24) is 4.90 Å². The minimum atomic E-state index is 0.685. The fourth-order valence-corrected chi connectivity index (χ4v) is 3.03. The van der Waals surface area contributed by atoms with Crippen LogP contribution in [0.4, 0.5) is 0 Å². The largest absolute Gasteiger partial charge is 0.300 e. The van der Waals surface area contributed by atoms with Crippen molar-refractivity contribution in [3.8, 4) is 0 Å². The van der Waals surface area contributed by atoms with Gasteiger partial charge in [0.25, 0.3) is 0 Å². The van der Waals surface area contributed by atoms with E-state index in [1.165, 1.54) is 32.4 Å². The van der Waals surface area contributed by atoms with Crippen molar-refractivity contribution in [1.29, 1.82) is 0 Å². The third-order valence-corrected chi connectivity index (χ3v) is 4.04. The average molecular weight is 167 g/mol. The van der Waals surface area contributed by atoms with E-state index in [-0.39, 0.29) is 0 Å². The fraction of sp³-hybridized carbons (Fsp3) is 1.00. The molecule has 2 aliphatic rings. The summed E-state index contributed by atoms with van der Waals surface area (Å²) in [7, 11) is 0. The molecular formula is C11H21N. The normalized spacial score (nSPS) is 42.5. The van der Waals surface area contributed by atoms with Crippen LogP contribution in [0.5, 0.6) is 0 Å². The lowest BCUT2D eigenvalue weighted by Gasteiger charge is -2.25. The van der Waals surface area contributed by atoms with E-state index in [0.717, 1.165) is 12.0 Å². The zero-order valence-electron chi connectivity index (χ0n) is 8.64. The van der Waals surface area contributed by atoms with Crippen LogP contribution < -0.4 is 0 Å². The molecule has 1 aliphatic carbocycles. The van der Waals surface area contributed by atoms with Gasteiger partial charge >= 0.3 is 0 Å². The Balaban J connectivity index is 2.06. The molecule has 1 saturated heterocycles. The van der Waals surface area contributed by atoms with Crippen molar-refractivity contribution in [3.63, 3.8) is 0 Å². The van der Waals surface area contributed by atoms with Crippen LogP contribution in [0.3, 0.4) is 0 Å². The minimum Gasteiger partial charge on any atom is -0.300 e. The Hall–Kier alpha value is -0.0400. The summed E-state index contributed by atoms with van der Waals surface area (Å²) in [6.07, 6.45) is 4.44. The van der Waals surface area contributed by atoms with Gasteiger partial charge in [0, 0.05) is 19.1 Å². The maximum Gasteiger partial charge on any atom is 0.00413 e. The molecule has 1 heterocycles. The van der Waals surface area contributed by atoms with Crippen LogP contribution in [0.15, 0.2) is 0 Å². The van der Waals surface area contributed by atoms with E-state index in [9.17, 15) is 0 Å². The van der Waals surface area contributed by atoms with Crippen molar-refractivity contribution in [2.24, 2.45) is 11.3 Å². The molecule has 1 saturated carbocycles. The highest BCUT2D eigenvalue weighted by molar-refractivity contribution is 4.98. The van der Waals surface area contributed by atoms with Gasteiger partial charge in [0.15, 0.2) is 0 Å². The first-order valence-electron chi connectivity index (χ1n) is 5.36. The van der Waals surface area contributed by atoms with Crippen molar-refractivity contribution in [2.75, 3.05) is 13.1 Å². The van der Waals surface area contributed by atoms with E-state index in [1.807, 2.05) is 0 Å². The van der Waals surface area contributed by atoms with Crippen molar-refractivity contribution in [2.45, 2.75) is 46.1 Å². The zero-order chi connectivity index (χ0) is 8.77. The summed E-state index contributed by atoms with van der Waals surface area (Å²) in [6, 6.07) is 0.757. The molecule has 2 fully saturated rings. The van der Waals surface area contributed by atoms with Gasteiger partial charge in [-0.05, 0) is 38.0 Å². The first-order chi connectivity index (χ1) is 5.62. The SMILES string of the molecule is CC(C)N1CC2CCCC2(C)C1. The molecule has 70 valence electrons. The van der Waals surface area contributed by atoms with Crippen LogP contribution in [0, 0.1) is 11.3 Å². The van der Waals surface area contributed by atoms with E-state index in [1.54, 1.807) is 0 Å². The molecule has 0 spiro atoms. The Bertz CT molecular complexity index is 176. The molecule has 2 rings (SSSR count). The molecule has 0 radical (unpaired) electrons. The van der Waals surface area contributed by atoms with Gasteiger partial charge in [-0.1, -0.05) is 13.3 Å². The van der Waals surface area contributed by atoms with Gasteiger partial charge in [0.1, 0.15) is 0 Å². The number of hydrogen-bond donors (Lipinski definition) is 0. The Kier molecular flexibility index (Phi) is 1.95. The Morgan fingerprint density at radius 2 is 2.17 bits per heavy atom. The molecule has 2 unspecified atom stereocenters. The Morgan fingerprint density at radius 3 is 2.75 bits per heavy atom. The Morgan fingerprint density at radius 1 is 1.42 bits per heavy atom. The van der Waals surface area contributed by atoms with E-state index in [0.29, 0.717) is 5.41 Å². The number of rotatable bonds is 1. The van der Waals surface area contributed by atoms with Gasteiger partial charge < -0.3 is 4.90 Å². The maximum absolute atomic E-state index is 2.66. The van der Waals surface area contributed by atoms with Gasteiger partial charge in [0.2, 0.25) is 0 Å². The molecule has 0 aromatic carbocycles. The summed E-state index contributed by atoms with van der Waals surface area (Å²) >= 11 is 0. The Labute approximate surface area is 76.1 Å². The van der Waals surface area contributed by atoms with Crippen LogP contribution in [-0.4, -0.2) is 24.0 Å². The highest BCUT2D eigenvalue weighted by Gasteiger charge is 2.45. The molecule has 0 N–H and O–H groups in total. The molecule has 2 atom stereocenters. The molecule has 1 heteroatoms. The van der Waals surface area contributed by atoms with Crippen LogP contribution >= 0.6 is 0 Å². The molecule has 0 aromatic heterocycles. The molecule has 0 amide bonds. The standard InChI is InChI=1S/C11H21N/c1-9(2)12-7-10-5-4-6-11(10,3)8-12/h9-10H,4-8H2,1-3H3. The zero-order valence-corrected chi connectivity index (χ0v) is 8.64. The van der Waals surface area contributed by atoms with Crippen molar-refractivity contribution >= 4 is 0 Å². The first kappa shape index (κ1) is 8.55. The predicted octanol–water partition coefficient (Wildman–Crippen LogP) is 2.52. The van der Waals surface area contributed by atoms with Crippen LogP contribution in [0.2, 0.25) is 0 Å². The topological polar surface area (TPSA) is 3.24 Å².